The third kappa shape index (κ3) is 2.72. The fourth-order valence-corrected chi connectivity index (χ4v) is 2.07. The molecular formula is C13H6O11. The highest BCUT2D eigenvalue weighted by atomic mass is 16.4. The Balaban J connectivity index is 4.45. The van der Waals surface area contributed by atoms with Crippen LogP contribution in [0.5, 0.6) is 0 Å². The van der Waals surface area contributed by atoms with Gasteiger partial charge in [-0.05, 0) is 0 Å². The van der Waals surface area contributed by atoms with Crippen LogP contribution in [0.2, 0.25) is 0 Å². The summed E-state index contributed by atoms with van der Waals surface area (Å²) in [4.78, 5) is 78.5. The van der Waals surface area contributed by atoms with Crippen molar-refractivity contribution in [3.05, 3.63) is 33.4 Å². The fourth-order valence-electron chi connectivity index (χ4n) is 2.07. The van der Waals surface area contributed by atoms with E-state index >= 15 is 0 Å². The van der Waals surface area contributed by atoms with Crippen LogP contribution in [0.15, 0.2) is 0 Å². The monoisotopic (exact) mass is 338 g/mol. The lowest BCUT2D eigenvalue weighted by atomic mass is 9.85. The van der Waals surface area contributed by atoms with E-state index in [0.29, 0.717) is 0 Å². The van der Waals surface area contributed by atoms with Crippen LogP contribution in [0.3, 0.4) is 0 Å². The van der Waals surface area contributed by atoms with Gasteiger partial charge in [0.15, 0.2) is 12.6 Å². The summed E-state index contributed by atoms with van der Waals surface area (Å²) in [5.74, 6) is -10.3. The molecule has 0 aliphatic carbocycles. The maximum Gasteiger partial charge on any atom is 0.337 e. The molecule has 0 aliphatic rings. The van der Waals surface area contributed by atoms with Gasteiger partial charge in [0, 0.05) is 5.56 Å². The molecule has 0 aliphatic heterocycles. The van der Waals surface area contributed by atoms with Crippen molar-refractivity contribution in [3.63, 3.8) is 0 Å². The number of benzene rings is 1. The van der Waals surface area contributed by atoms with E-state index in [1.165, 1.54) is 0 Å². The van der Waals surface area contributed by atoms with Crippen LogP contribution in [-0.2, 0) is 4.79 Å². The Bertz CT molecular complexity index is 831. The van der Waals surface area contributed by atoms with Gasteiger partial charge in [-0.1, -0.05) is 0 Å². The Morgan fingerprint density at radius 2 is 0.917 bits per heavy atom. The Labute approximate surface area is 130 Å². The van der Waals surface area contributed by atoms with Gasteiger partial charge in [-0.15, -0.1) is 0 Å². The van der Waals surface area contributed by atoms with Crippen molar-refractivity contribution in [3.8, 4) is 0 Å². The average molecular weight is 338 g/mol. The van der Waals surface area contributed by atoms with E-state index in [1.54, 1.807) is 0 Å². The van der Waals surface area contributed by atoms with Crippen molar-refractivity contribution >= 4 is 42.2 Å². The minimum atomic E-state index is -2.18. The van der Waals surface area contributed by atoms with Crippen molar-refractivity contribution in [2.45, 2.75) is 0 Å². The Morgan fingerprint density at radius 1 is 0.583 bits per heavy atom. The van der Waals surface area contributed by atoms with Crippen LogP contribution >= 0.6 is 0 Å². The summed E-state index contributed by atoms with van der Waals surface area (Å²) >= 11 is 0. The Kier molecular flexibility index (Phi) is 4.90. The number of carbonyl (C=O) groups is 7. The first-order valence-electron chi connectivity index (χ1n) is 5.71. The van der Waals surface area contributed by atoms with Gasteiger partial charge < -0.3 is 20.4 Å². The fraction of sp³-hybridized carbons (Fsp3) is 0. The molecule has 0 amide bonds. The number of hydrogen-bond acceptors (Lipinski definition) is 7. The van der Waals surface area contributed by atoms with Gasteiger partial charge in [-0.2, -0.15) is 0 Å². The molecule has 0 heterocycles. The van der Waals surface area contributed by atoms with Crippen molar-refractivity contribution < 1.29 is 54.0 Å². The lowest BCUT2D eigenvalue weighted by molar-refractivity contribution is -0.104. The van der Waals surface area contributed by atoms with Gasteiger partial charge in [-0.25, -0.2) is 19.2 Å². The Hall–Kier alpha value is -3.89. The number of Topliss-reactive ketones (excluding diaryl/α,β-unsaturated/α-hetero) is 1. The first-order chi connectivity index (χ1) is 11.1. The van der Waals surface area contributed by atoms with E-state index in [4.69, 9.17) is 20.4 Å². The molecule has 0 fully saturated rings. The molecule has 4 N–H and O–H groups in total. The van der Waals surface area contributed by atoms with E-state index in [1.807, 2.05) is 0 Å². The Morgan fingerprint density at radius 3 is 1.21 bits per heavy atom. The largest absolute Gasteiger partial charge is 0.478 e. The minimum absolute atomic E-state index is 0.343. The second-order valence-electron chi connectivity index (χ2n) is 4.11. The molecule has 0 aromatic heterocycles. The summed E-state index contributed by atoms with van der Waals surface area (Å²) < 4.78 is 0. The first kappa shape index (κ1) is 18.2. The van der Waals surface area contributed by atoms with E-state index in [-0.39, 0.29) is 6.29 Å². The smallest absolute Gasteiger partial charge is 0.337 e. The van der Waals surface area contributed by atoms with E-state index in [9.17, 15) is 33.6 Å². The molecule has 11 heteroatoms. The molecule has 1 aromatic rings. The zero-order valence-corrected chi connectivity index (χ0v) is 11.3. The standard InChI is InChI=1S/C13H6O11/c14-1-3-5(4(16)2-15)7(11(19)20)9(13(23)24)8(12(21)22)6(3)10(17)18/h1-2H,(H,17,18)(H,19,20)(H,21,22)(H,23,24). The van der Waals surface area contributed by atoms with E-state index in [0.717, 1.165) is 0 Å². The van der Waals surface area contributed by atoms with Gasteiger partial charge >= 0.3 is 23.9 Å². The zero-order chi connectivity index (χ0) is 18.8. The van der Waals surface area contributed by atoms with Gasteiger partial charge in [0.1, 0.15) is 0 Å². The van der Waals surface area contributed by atoms with Crippen molar-refractivity contribution in [1.82, 2.24) is 0 Å². The normalized spacial score (nSPS) is 9.83. The number of carbonyl (C=O) groups excluding carboxylic acids is 3. The number of carboxylic acids is 4. The third-order valence-corrected chi connectivity index (χ3v) is 2.87. The molecular weight excluding hydrogens is 332 g/mol. The van der Waals surface area contributed by atoms with E-state index in [2.05, 4.69) is 0 Å². The average Bonchev–Trinajstić information content (AvgIpc) is 2.50. The third-order valence-electron chi connectivity index (χ3n) is 2.87. The lowest BCUT2D eigenvalue weighted by Gasteiger charge is -2.15. The molecule has 0 saturated carbocycles. The maximum absolute atomic E-state index is 11.6. The molecule has 0 atom stereocenters. The van der Waals surface area contributed by atoms with Crippen molar-refractivity contribution in [2.24, 2.45) is 0 Å². The topological polar surface area (TPSA) is 200 Å². The second kappa shape index (κ2) is 6.48. The predicted molar refractivity (Wildman–Crippen MR) is 70.1 cm³/mol. The summed E-state index contributed by atoms with van der Waals surface area (Å²) in [6.07, 6.45) is -0.808. The highest BCUT2D eigenvalue weighted by Gasteiger charge is 2.37. The molecule has 0 unspecified atom stereocenters. The van der Waals surface area contributed by atoms with Gasteiger partial charge in [0.05, 0.1) is 27.8 Å². The molecule has 124 valence electrons. The second-order valence-corrected chi connectivity index (χ2v) is 4.11. The number of ketones is 1. The highest BCUT2D eigenvalue weighted by Crippen LogP contribution is 2.29. The molecule has 1 rings (SSSR count). The summed E-state index contributed by atoms with van der Waals surface area (Å²) in [7, 11) is 0. The molecule has 0 bridgehead atoms. The SMILES string of the molecule is O=CC(=O)c1c(C=O)c(C(=O)O)c(C(=O)O)c(C(=O)O)c1C(=O)O. The maximum atomic E-state index is 11.6. The van der Waals surface area contributed by atoms with Crippen LogP contribution in [-0.4, -0.2) is 62.7 Å². The molecule has 11 nitrogen and oxygen atoms in total. The number of hydrogen-bond donors (Lipinski definition) is 4. The quantitative estimate of drug-likeness (QED) is 0.288. The van der Waals surface area contributed by atoms with Crippen LogP contribution in [0, 0.1) is 0 Å². The summed E-state index contributed by atoms with van der Waals surface area (Å²) in [6.45, 7) is 0. The molecule has 1 aromatic carbocycles. The van der Waals surface area contributed by atoms with Crippen molar-refractivity contribution in [2.75, 3.05) is 0 Å². The van der Waals surface area contributed by atoms with Gasteiger partial charge in [0.2, 0.25) is 5.78 Å². The number of aldehydes is 2. The predicted octanol–water partition coefficient (Wildman–Crippen LogP) is -0.326. The van der Waals surface area contributed by atoms with Crippen LogP contribution in [0.25, 0.3) is 0 Å². The van der Waals surface area contributed by atoms with Gasteiger partial charge in [-0.3, -0.25) is 14.4 Å². The highest BCUT2D eigenvalue weighted by molar-refractivity contribution is 6.38. The van der Waals surface area contributed by atoms with E-state index < -0.39 is 69.3 Å². The summed E-state index contributed by atoms with van der Waals surface area (Å²) in [5, 5.41) is 36.3. The van der Waals surface area contributed by atoms with Crippen LogP contribution in [0.1, 0.15) is 62.1 Å². The van der Waals surface area contributed by atoms with Gasteiger partial charge in [0.25, 0.3) is 0 Å². The zero-order valence-electron chi connectivity index (χ0n) is 11.3. The molecule has 24 heavy (non-hydrogen) atoms. The minimum Gasteiger partial charge on any atom is -0.478 e. The van der Waals surface area contributed by atoms with Crippen molar-refractivity contribution in [1.29, 1.82) is 0 Å². The number of rotatable bonds is 7. The first-order valence-corrected chi connectivity index (χ1v) is 5.71. The number of aromatic carboxylic acids is 4. The molecule has 0 radical (unpaired) electrons. The summed E-state index contributed by atoms with van der Waals surface area (Å²) in [5.41, 5.74) is -8.46. The van der Waals surface area contributed by atoms with Crippen LogP contribution < -0.4 is 0 Å². The molecule has 0 spiro atoms. The molecule has 0 saturated heterocycles. The van der Waals surface area contributed by atoms with Crippen LogP contribution in [0.4, 0.5) is 0 Å². The number of carboxylic acid groups (broad SMARTS) is 4. The summed E-state index contributed by atoms with van der Waals surface area (Å²) in [6, 6.07) is 0. The lowest BCUT2D eigenvalue weighted by Crippen LogP contribution is -2.26.